The molecular formula is C31H23F3N4. The Kier molecular flexibility index (Phi) is 5.96. The van der Waals surface area contributed by atoms with Crippen molar-refractivity contribution in [1.29, 1.82) is 0 Å². The Morgan fingerprint density at radius 1 is 0.605 bits per heavy atom. The predicted molar refractivity (Wildman–Crippen MR) is 143 cm³/mol. The van der Waals surface area contributed by atoms with Gasteiger partial charge in [-0.3, -0.25) is 0 Å². The van der Waals surface area contributed by atoms with Gasteiger partial charge in [-0.2, -0.15) is 18.3 Å². The largest absolute Gasteiger partial charge is 0.402 e. The number of halogens is 3. The first-order valence-corrected chi connectivity index (χ1v) is 12.2. The third-order valence-electron chi connectivity index (χ3n) is 6.51. The highest BCUT2D eigenvalue weighted by Crippen LogP contribution is 2.41. The van der Waals surface area contributed by atoms with Crippen molar-refractivity contribution in [2.75, 3.05) is 0 Å². The Labute approximate surface area is 217 Å². The number of hydrogen-bond acceptors (Lipinski definition) is 1. The lowest BCUT2D eigenvalue weighted by Gasteiger charge is -2.18. The molecule has 7 heteroatoms. The average molecular weight is 509 g/mol. The molecule has 0 aliphatic carbocycles. The normalized spacial score (nSPS) is 12.5. The van der Waals surface area contributed by atoms with Crippen molar-refractivity contribution in [2.45, 2.75) is 12.1 Å². The van der Waals surface area contributed by atoms with Crippen molar-refractivity contribution in [2.24, 2.45) is 0 Å². The minimum Gasteiger partial charge on any atom is -0.358 e. The van der Waals surface area contributed by atoms with E-state index in [0.717, 1.165) is 22.5 Å². The van der Waals surface area contributed by atoms with Gasteiger partial charge in [-0.1, -0.05) is 78.9 Å². The van der Waals surface area contributed by atoms with Crippen LogP contribution >= 0.6 is 0 Å². The summed E-state index contributed by atoms with van der Waals surface area (Å²) in [5.74, 6) is -1.83. The highest BCUT2D eigenvalue weighted by Gasteiger charge is 2.43. The molecular weight excluding hydrogens is 485 g/mol. The van der Waals surface area contributed by atoms with Crippen LogP contribution in [0.15, 0.2) is 121 Å². The van der Waals surface area contributed by atoms with Crippen LogP contribution in [0, 0.1) is 0 Å². The van der Waals surface area contributed by atoms with Crippen molar-refractivity contribution in [1.82, 2.24) is 19.7 Å². The van der Waals surface area contributed by atoms with Crippen LogP contribution in [-0.4, -0.2) is 25.9 Å². The molecule has 3 aromatic heterocycles. The van der Waals surface area contributed by atoms with Gasteiger partial charge in [0.2, 0.25) is 0 Å². The first kappa shape index (κ1) is 23.6. The van der Waals surface area contributed by atoms with E-state index in [1.807, 2.05) is 102 Å². The number of aromatic nitrogens is 4. The second-order valence-corrected chi connectivity index (χ2v) is 9.02. The lowest BCUT2D eigenvalue weighted by Crippen LogP contribution is -2.22. The number of H-pyrrole nitrogens is 2. The minimum absolute atomic E-state index is 0.0458. The number of para-hydroxylation sites is 1. The quantitative estimate of drug-likeness (QED) is 0.234. The zero-order valence-electron chi connectivity index (χ0n) is 20.2. The molecule has 0 saturated heterocycles. The molecule has 0 spiro atoms. The van der Waals surface area contributed by atoms with E-state index in [0.29, 0.717) is 17.1 Å². The molecule has 0 aliphatic heterocycles. The van der Waals surface area contributed by atoms with Crippen LogP contribution in [0.3, 0.4) is 0 Å². The zero-order chi connectivity index (χ0) is 26.1. The molecule has 0 aliphatic rings. The van der Waals surface area contributed by atoms with Crippen molar-refractivity contribution < 1.29 is 13.2 Å². The summed E-state index contributed by atoms with van der Waals surface area (Å²) in [4.78, 5) is 5.99. The van der Waals surface area contributed by atoms with E-state index < -0.39 is 12.1 Å². The molecule has 1 atom stereocenters. The van der Waals surface area contributed by atoms with Gasteiger partial charge in [-0.05, 0) is 48.0 Å². The lowest BCUT2D eigenvalue weighted by atomic mass is 10.0. The Morgan fingerprint density at radius 3 is 1.74 bits per heavy atom. The smallest absolute Gasteiger partial charge is 0.358 e. The summed E-state index contributed by atoms with van der Waals surface area (Å²) in [7, 11) is 0. The van der Waals surface area contributed by atoms with Gasteiger partial charge in [0.25, 0.3) is 0 Å². The summed E-state index contributed by atoms with van der Waals surface area (Å²) in [6.45, 7) is 0. The first-order chi connectivity index (χ1) is 18.5. The summed E-state index contributed by atoms with van der Waals surface area (Å²) in [6.07, 6.45) is -4.50. The molecule has 0 fully saturated rings. The van der Waals surface area contributed by atoms with Crippen LogP contribution in [-0.2, 0) is 0 Å². The monoisotopic (exact) mass is 508 g/mol. The predicted octanol–water partition coefficient (Wildman–Crippen LogP) is 8.22. The molecule has 38 heavy (non-hydrogen) atoms. The van der Waals surface area contributed by atoms with Gasteiger partial charge in [0.05, 0.1) is 17.1 Å². The van der Waals surface area contributed by atoms with Gasteiger partial charge in [0, 0.05) is 22.6 Å². The van der Waals surface area contributed by atoms with E-state index in [-0.39, 0.29) is 11.4 Å². The van der Waals surface area contributed by atoms with E-state index in [9.17, 15) is 13.2 Å². The van der Waals surface area contributed by atoms with Gasteiger partial charge < -0.3 is 9.97 Å². The van der Waals surface area contributed by atoms with Crippen LogP contribution in [0.25, 0.3) is 39.6 Å². The number of nitrogens with one attached hydrogen (secondary N) is 2. The molecule has 6 aromatic rings. The van der Waals surface area contributed by atoms with E-state index in [4.69, 9.17) is 5.10 Å². The molecule has 1 unspecified atom stereocenters. The SMILES string of the molecule is FC(F)(F)C(c1ccc(-c2ccccc2)[nH]1)c1ccc(-c2cc(-c3ccccc3)n(-c3ccccc3)n2)[nH]1. The second-order valence-electron chi connectivity index (χ2n) is 9.02. The number of hydrogen-bond donors (Lipinski definition) is 2. The molecule has 0 bridgehead atoms. The van der Waals surface area contributed by atoms with Gasteiger partial charge in [-0.25, -0.2) is 4.68 Å². The third kappa shape index (κ3) is 4.54. The molecule has 0 saturated carbocycles. The van der Waals surface area contributed by atoms with Crippen LogP contribution in [0.4, 0.5) is 13.2 Å². The molecule has 3 aromatic carbocycles. The Balaban J connectivity index is 1.40. The van der Waals surface area contributed by atoms with E-state index in [1.165, 1.54) is 12.1 Å². The maximum absolute atomic E-state index is 14.4. The molecule has 0 radical (unpaired) electrons. The van der Waals surface area contributed by atoms with Crippen LogP contribution in [0.2, 0.25) is 0 Å². The summed E-state index contributed by atoms with van der Waals surface area (Å²) >= 11 is 0. The standard InChI is InChI=1S/C31H23F3N4/c32-31(33,34)30(26-18-16-24(35-26)21-10-4-1-5-11-21)27-19-17-25(36-27)28-20-29(22-12-6-2-7-13-22)38(37-28)23-14-8-3-9-15-23/h1-20,30,35-36H. The highest BCUT2D eigenvalue weighted by atomic mass is 19.4. The van der Waals surface area contributed by atoms with Gasteiger partial charge in [0.15, 0.2) is 0 Å². The number of alkyl halides is 3. The maximum atomic E-state index is 14.4. The fraction of sp³-hybridized carbons (Fsp3) is 0.0645. The summed E-state index contributed by atoms with van der Waals surface area (Å²) in [5.41, 5.74) is 5.29. The van der Waals surface area contributed by atoms with E-state index in [2.05, 4.69) is 9.97 Å². The van der Waals surface area contributed by atoms with Crippen LogP contribution < -0.4 is 0 Å². The van der Waals surface area contributed by atoms with Crippen molar-refractivity contribution >= 4 is 0 Å². The molecule has 2 N–H and O–H groups in total. The number of benzene rings is 3. The van der Waals surface area contributed by atoms with Crippen LogP contribution in [0.1, 0.15) is 17.3 Å². The van der Waals surface area contributed by atoms with Gasteiger partial charge in [-0.15, -0.1) is 0 Å². The van der Waals surface area contributed by atoms with Crippen molar-refractivity contribution in [3.63, 3.8) is 0 Å². The average Bonchev–Trinajstić information content (AvgIpc) is 3.70. The topological polar surface area (TPSA) is 49.4 Å². The summed E-state index contributed by atoms with van der Waals surface area (Å²) in [6, 6.07) is 37.0. The van der Waals surface area contributed by atoms with Crippen LogP contribution in [0.5, 0.6) is 0 Å². The second kappa shape index (κ2) is 9.59. The fourth-order valence-corrected chi connectivity index (χ4v) is 4.71. The van der Waals surface area contributed by atoms with Crippen molar-refractivity contribution in [3.05, 3.63) is 133 Å². The number of aromatic amines is 2. The molecule has 188 valence electrons. The third-order valence-corrected chi connectivity index (χ3v) is 6.51. The molecule has 3 heterocycles. The maximum Gasteiger partial charge on any atom is 0.402 e. The van der Waals surface area contributed by atoms with Crippen molar-refractivity contribution in [3.8, 4) is 39.6 Å². The lowest BCUT2D eigenvalue weighted by molar-refractivity contribution is -0.142. The Morgan fingerprint density at radius 2 is 1.13 bits per heavy atom. The van der Waals surface area contributed by atoms with E-state index in [1.54, 1.807) is 12.1 Å². The molecule has 4 nitrogen and oxygen atoms in total. The minimum atomic E-state index is -4.50. The summed E-state index contributed by atoms with van der Waals surface area (Å²) < 4.78 is 44.9. The van der Waals surface area contributed by atoms with Gasteiger partial charge in [0.1, 0.15) is 11.6 Å². The Bertz CT molecular complexity index is 1590. The van der Waals surface area contributed by atoms with Gasteiger partial charge >= 0.3 is 6.18 Å². The fourth-order valence-electron chi connectivity index (χ4n) is 4.71. The summed E-state index contributed by atoms with van der Waals surface area (Å²) in [5, 5.41) is 4.77. The zero-order valence-corrected chi connectivity index (χ0v) is 20.2. The number of nitrogens with zero attached hydrogens (tertiary/aromatic N) is 2. The number of rotatable bonds is 6. The Hall–Kier alpha value is -4.78. The molecule has 0 amide bonds. The first-order valence-electron chi connectivity index (χ1n) is 12.2. The highest BCUT2D eigenvalue weighted by molar-refractivity contribution is 5.69. The van der Waals surface area contributed by atoms with E-state index >= 15 is 0 Å². The molecule has 6 rings (SSSR count).